The maximum Gasteiger partial charge on any atom is 0.102 e. The van der Waals surface area contributed by atoms with Gasteiger partial charge in [0.05, 0.1) is 18.4 Å². The lowest BCUT2D eigenvalue weighted by atomic mass is 10.3. The number of thioether (sulfide) groups is 1. The Labute approximate surface area is 133 Å². The Balaban J connectivity index is 1.68. The molecule has 0 amide bonds. The van der Waals surface area contributed by atoms with E-state index in [4.69, 9.17) is 0 Å². The van der Waals surface area contributed by atoms with Gasteiger partial charge in [0.25, 0.3) is 0 Å². The molecule has 1 N–H and O–H groups in total. The average molecular weight is 311 g/mol. The molecule has 0 saturated heterocycles. The van der Waals surface area contributed by atoms with Crippen LogP contribution in [0.3, 0.4) is 0 Å². The molecule has 3 aromatic rings. The molecule has 0 radical (unpaired) electrons. The maximum absolute atomic E-state index is 4.20. The molecule has 0 aliphatic carbocycles. The van der Waals surface area contributed by atoms with E-state index in [1.54, 1.807) is 22.6 Å². The predicted octanol–water partition coefficient (Wildman–Crippen LogP) is 3.30. The Morgan fingerprint density at radius 1 is 1.18 bits per heavy atom. The Kier molecular flexibility index (Phi) is 4.39. The zero-order valence-corrected chi connectivity index (χ0v) is 13.3. The van der Waals surface area contributed by atoms with E-state index in [2.05, 4.69) is 39.0 Å². The van der Waals surface area contributed by atoms with E-state index in [9.17, 15) is 0 Å². The first-order valence-electron chi connectivity index (χ1n) is 6.97. The summed E-state index contributed by atoms with van der Waals surface area (Å²) in [6.07, 6.45) is 5.80. The summed E-state index contributed by atoms with van der Waals surface area (Å²) < 4.78 is 1.79. The highest BCUT2D eigenvalue weighted by Crippen LogP contribution is 2.17. The Morgan fingerprint density at radius 2 is 2.00 bits per heavy atom. The third kappa shape index (κ3) is 3.46. The molecule has 0 unspecified atom stereocenters. The van der Waals surface area contributed by atoms with Crippen LogP contribution in [0.2, 0.25) is 0 Å². The third-order valence-corrected chi connectivity index (χ3v) is 3.99. The van der Waals surface area contributed by atoms with E-state index in [1.807, 2.05) is 37.4 Å². The SMILES string of the molecule is CSc1ccc(-n2cc(CNc3ccnc(C)c3)nn2)cc1. The van der Waals surface area contributed by atoms with Crippen molar-refractivity contribution in [2.45, 2.75) is 18.4 Å². The zero-order chi connectivity index (χ0) is 15.4. The quantitative estimate of drug-likeness (QED) is 0.733. The molecule has 0 spiro atoms. The van der Waals surface area contributed by atoms with Gasteiger partial charge in [-0.3, -0.25) is 4.98 Å². The van der Waals surface area contributed by atoms with Gasteiger partial charge < -0.3 is 5.32 Å². The molecule has 1 aromatic carbocycles. The van der Waals surface area contributed by atoms with Crippen molar-refractivity contribution >= 4 is 17.4 Å². The Morgan fingerprint density at radius 3 is 2.73 bits per heavy atom. The summed E-state index contributed by atoms with van der Waals surface area (Å²) in [5, 5.41) is 11.7. The van der Waals surface area contributed by atoms with Crippen molar-refractivity contribution in [1.29, 1.82) is 0 Å². The van der Waals surface area contributed by atoms with E-state index in [0.717, 1.165) is 22.8 Å². The van der Waals surface area contributed by atoms with Crippen molar-refractivity contribution in [3.05, 3.63) is 60.2 Å². The van der Waals surface area contributed by atoms with E-state index in [-0.39, 0.29) is 0 Å². The summed E-state index contributed by atoms with van der Waals surface area (Å²) in [6, 6.07) is 12.2. The van der Waals surface area contributed by atoms with Crippen LogP contribution >= 0.6 is 11.8 Å². The maximum atomic E-state index is 4.20. The Hall–Kier alpha value is -2.34. The summed E-state index contributed by atoms with van der Waals surface area (Å²) in [4.78, 5) is 5.41. The third-order valence-electron chi connectivity index (χ3n) is 3.25. The number of rotatable bonds is 5. The number of anilines is 1. The number of hydrogen-bond donors (Lipinski definition) is 1. The first-order valence-corrected chi connectivity index (χ1v) is 8.19. The number of nitrogens with zero attached hydrogens (tertiary/aromatic N) is 4. The van der Waals surface area contributed by atoms with Crippen LogP contribution < -0.4 is 5.32 Å². The highest BCUT2D eigenvalue weighted by atomic mass is 32.2. The van der Waals surface area contributed by atoms with E-state index < -0.39 is 0 Å². The van der Waals surface area contributed by atoms with Gasteiger partial charge in [-0.25, -0.2) is 4.68 Å². The van der Waals surface area contributed by atoms with E-state index in [0.29, 0.717) is 6.54 Å². The van der Waals surface area contributed by atoms with Crippen LogP contribution in [0.4, 0.5) is 5.69 Å². The minimum atomic E-state index is 0.631. The molecule has 22 heavy (non-hydrogen) atoms. The second-order valence-electron chi connectivity index (χ2n) is 4.89. The van der Waals surface area contributed by atoms with Crippen LogP contribution in [0.1, 0.15) is 11.4 Å². The molecule has 6 heteroatoms. The van der Waals surface area contributed by atoms with Crippen molar-refractivity contribution < 1.29 is 0 Å². The van der Waals surface area contributed by atoms with Crippen molar-refractivity contribution in [1.82, 2.24) is 20.0 Å². The van der Waals surface area contributed by atoms with E-state index in [1.165, 1.54) is 4.90 Å². The van der Waals surface area contributed by atoms with Crippen molar-refractivity contribution in [2.24, 2.45) is 0 Å². The molecule has 3 rings (SSSR count). The predicted molar refractivity (Wildman–Crippen MR) is 89.4 cm³/mol. The molecule has 2 aromatic heterocycles. The van der Waals surface area contributed by atoms with Gasteiger partial charge in [0.2, 0.25) is 0 Å². The lowest BCUT2D eigenvalue weighted by Crippen LogP contribution is -2.00. The van der Waals surface area contributed by atoms with Gasteiger partial charge >= 0.3 is 0 Å². The van der Waals surface area contributed by atoms with Crippen LogP contribution in [-0.2, 0) is 6.54 Å². The van der Waals surface area contributed by atoms with Crippen LogP contribution in [0.25, 0.3) is 5.69 Å². The molecular formula is C16H17N5S. The highest BCUT2D eigenvalue weighted by Gasteiger charge is 2.03. The van der Waals surface area contributed by atoms with Gasteiger partial charge in [0.15, 0.2) is 0 Å². The van der Waals surface area contributed by atoms with Gasteiger partial charge in [-0.15, -0.1) is 16.9 Å². The van der Waals surface area contributed by atoms with Gasteiger partial charge in [-0.2, -0.15) is 0 Å². The monoisotopic (exact) mass is 311 g/mol. The fourth-order valence-electron chi connectivity index (χ4n) is 2.09. The first-order chi connectivity index (χ1) is 10.7. The van der Waals surface area contributed by atoms with Gasteiger partial charge in [0, 0.05) is 22.5 Å². The number of hydrogen-bond acceptors (Lipinski definition) is 5. The van der Waals surface area contributed by atoms with Gasteiger partial charge in [0.1, 0.15) is 5.69 Å². The van der Waals surface area contributed by atoms with Crippen LogP contribution in [0.5, 0.6) is 0 Å². The standard InChI is InChI=1S/C16H17N5S/c1-12-9-13(7-8-17-12)18-10-14-11-21(20-19-14)15-3-5-16(22-2)6-4-15/h3-9,11H,10H2,1-2H3,(H,17,18). The van der Waals surface area contributed by atoms with Crippen molar-refractivity contribution in [3.63, 3.8) is 0 Å². The molecular weight excluding hydrogens is 294 g/mol. The number of aryl methyl sites for hydroxylation is 1. The smallest absolute Gasteiger partial charge is 0.102 e. The molecule has 0 bridgehead atoms. The largest absolute Gasteiger partial charge is 0.379 e. The summed E-state index contributed by atoms with van der Waals surface area (Å²) in [7, 11) is 0. The van der Waals surface area contributed by atoms with Gasteiger partial charge in [-0.05, 0) is 49.6 Å². The minimum Gasteiger partial charge on any atom is -0.379 e. The summed E-state index contributed by atoms with van der Waals surface area (Å²) in [5.74, 6) is 0. The lowest BCUT2D eigenvalue weighted by molar-refractivity contribution is 0.797. The number of nitrogens with one attached hydrogen (secondary N) is 1. The second-order valence-corrected chi connectivity index (χ2v) is 5.77. The average Bonchev–Trinajstić information content (AvgIpc) is 3.02. The Bertz CT molecular complexity index is 751. The van der Waals surface area contributed by atoms with Crippen LogP contribution in [0.15, 0.2) is 53.7 Å². The molecule has 2 heterocycles. The molecule has 112 valence electrons. The fourth-order valence-corrected chi connectivity index (χ4v) is 2.50. The van der Waals surface area contributed by atoms with Gasteiger partial charge in [-0.1, -0.05) is 5.21 Å². The topological polar surface area (TPSA) is 55.6 Å². The normalized spacial score (nSPS) is 10.6. The zero-order valence-electron chi connectivity index (χ0n) is 12.5. The van der Waals surface area contributed by atoms with Crippen LogP contribution in [-0.4, -0.2) is 26.2 Å². The molecule has 0 aliphatic heterocycles. The number of pyridine rings is 1. The number of benzene rings is 1. The molecule has 5 nitrogen and oxygen atoms in total. The molecule has 0 atom stereocenters. The fraction of sp³-hybridized carbons (Fsp3) is 0.188. The van der Waals surface area contributed by atoms with Crippen molar-refractivity contribution in [2.75, 3.05) is 11.6 Å². The highest BCUT2D eigenvalue weighted by molar-refractivity contribution is 7.98. The van der Waals surface area contributed by atoms with E-state index >= 15 is 0 Å². The van der Waals surface area contributed by atoms with Crippen molar-refractivity contribution in [3.8, 4) is 5.69 Å². The summed E-state index contributed by atoms with van der Waals surface area (Å²) in [6.45, 7) is 2.60. The first kappa shape index (κ1) is 14.6. The molecule has 0 aliphatic rings. The summed E-state index contributed by atoms with van der Waals surface area (Å²) >= 11 is 1.72. The minimum absolute atomic E-state index is 0.631. The lowest BCUT2D eigenvalue weighted by Gasteiger charge is -2.04. The number of aromatic nitrogens is 4. The van der Waals surface area contributed by atoms with Crippen LogP contribution in [0, 0.1) is 6.92 Å². The molecule has 0 saturated carbocycles. The summed E-state index contributed by atoms with van der Waals surface area (Å²) in [5.41, 5.74) is 3.92. The second kappa shape index (κ2) is 6.62. The molecule has 0 fully saturated rings.